The molecule has 0 spiro atoms. The fraction of sp³-hybridized carbons (Fsp3) is 0.360. The molecule has 11 heteroatoms. The molecule has 1 saturated carbocycles. The third-order valence-corrected chi connectivity index (χ3v) is 6.18. The highest BCUT2D eigenvalue weighted by Gasteiger charge is 2.33. The van der Waals surface area contributed by atoms with Crippen LogP contribution in [-0.2, 0) is 17.5 Å². The summed E-state index contributed by atoms with van der Waals surface area (Å²) in [5, 5.41) is 8.75. The van der Waals surface area contributed by atoms with Gasteiger partial charge < -0.3 is 16.0 Å². The number of anilines is 2. The minimum absolute atomic E-state index is 0.0134. The largest absolute Gasteiger partial charge is 0.416 e. The van der Waals surface area contributed by atoms with Gasteiger partial charge in [0.2, 0.25) is 17.8 Å². The van der Waals surface area contributed by atoms with Gasteiger partial charge in [-0.15, -0.1) is 0 Å². The predicted octanol–water partition coefficient (Wildman–Crippen LogP) is 5.03. The Morgan fingerprint density at radius 1 is 0.944 bits per heavy atom. The number of hydrogen-bond donors (Lipinski definition) is 3. The van der Waals surface area contributed by atoms with Crippen LogP contribution in [0.25, 0.3) is 11.4 Å². The van der Waals surface area contributed by atoms with Crippen LogP contribution in [0.2, 0.25) is 0 Å². The first kappa shape index (κ1) is 25.3. The Labute approximate surface area is 205 Å². The van der Waals surface area contributed by atoms with E-state index in [0.717, 1.165) is 6.07 Å². The second-order valence-corrected chi connectivity index (χ2v) is 8.60. The predicted molar refractivity (Wildman–Crippen MR) is 127 cm³/mol. The Kier molecular flexibility index (Phi) is 7.66. The van der Waals surface area contributed by atoms with Crippen LogP contribution in [0, 0.1) is 11.7 Å². The number of nitrogens with zero attached hydrogens (tertiary/aromatic N) is 3. The summed E-state index contributed by atoms with van der Waals surface area (Å²) >= 11 is 0. The molecule has 0 atom stereocenters. The summed E-state index contributed by atoms with van der Waals surface area (Å²) < 4.78 is 53.8. The van der Waals surface area contributed by atoms with E-state index in [-0.39, 0.29) is 47.3 Å². The lowest BCUT2D eigenvalue weighted by Gasteiger charge is -2.28. The van der Waals surface area contributed by atoms with Gasteiger partial charge in [0.05, 0.1) is 11.1 Å². The first-order valence-corrected chi connectivity index (χ1v) is 11.6. The highest BCUT2D eigenvalue weighted by atomic mass is 19.4. The molecule has 0 radical (unpaired) electrons. The fourth-order valence-electron chi connectivity index (χ4n) is 4.28. The maximum absolute atomic E-state index is 14.2. The number of rotatable bonds is 7. The summed E-state index contributed by atoms with van der Waals surface area (Å²) in [4.78, 5) is 25.5. The van der Waals surface area contributed by atoms with Gasteiger partial charge in [-0.2, -0.15) is 28.1 Å². The van der Waals surface area contributed by atoms with Crippen LogP contribution in [0.4, 0.5) is 29.5 Å². The molecule has 2 aromatic carbocycles. The van der Waals surface area contributed by atoms with Crippen LogP contribution >= 0.6 is 0 Å². The van der Waals surface area contributed by atoms with Gasteiger partial charge in [0.15, 0.2) is 5.82 Å². The maximum atomic E-state index is 14.2. The summed E-state index contributed by atoms with van der Waals surface area (Å²) in [6.07, 6.45) is -2.05. The minimum Gasteiger partial charge on any atom is -0.357 e. The van der Waals surface area contributed by atoms with Gasteiger partial charge in [0, 0.05) is 25.6 Å². The zero-order valence-corrected chi connectivity index (χ0v) is 19.6. The number of aromatic nitrogens is 3. The number of carbonyl (C=O) groups excluding carboxylic acids is 1. The summed E-state index contributed by atoms with van der Waals surface area (Å²) in [6.45, 7) is -0.177. The van der Waals surface area contributed by atoms with Crippen molar-refractivity contribution < 1.29 is 22.4 Å². The number of nitrogens with one attached hydrogen (secondary N) is 3. The molecule has 0 aliphatic heterocycles. The molecule has 1 aliphatic rings. The highest BCUT2D eigenvalue weighted by Crippen LogP contribution is 2.32. The molecule has 7 nitrogen and oxygen atoms in total. The van der Waals surface area contributed by atoms with E-state index in [1.54, 1.807) is 25.2 Å². The van der Waals surface area contributed by atoms with E-state index in [1.165, 1.54) is 24.3 Å². The fourth-order valence-corrected chi connectivity index (χ4v) is 4.28. The molecule has 1 heterocycles. The van der Waals surface area contributed by atoms with Crippen LogP contribution in [0.5, 0.6) is 0 Å². The number of halogens is 4. The molecule has 3 N–H and O–H groups in total. The van der Waals surface area contributed by atoms with Crippen LogP contribution in [-0.4, -0.2) is 33.9 Å². The molecule has 3 aromatic rings. The zero-order valence-electron chi connectivity index (χ0n) is 19.6. The first-order valence-electron chi connectivity index (χ1n) is 11.6. The maximum Gasteiger partial charge on any atom is 0.416 e. The monoisotopic (exact) mass is 502 g/mol. The summed E-state index contributed by atoms with van der Waals surface area (Å²) in [5.41, 5.74) is -0.451. The zero-order chi connectivity index (χ0) is 25.7. The van der Waals surface area contributed by atoms with E-state index >= 15 is 0 Å². The topological polar surface area (TPSA) is 91.8 Å². The average molecular weight is 503 g/mol. The Morgan fingerprint density at radius 3 is 2.31 bits per heavy atom. The van der Waals surface area contributed by atoms with Crippen LogP contribution in [0.1, 0.15) is 36.8 Å². The Hall–Kier alpha value is -3.76. The van der Waals surface area contributed by atoms with Gasteiger partial charge in [-0.25, -0.2) is 4.39 Å². The van der Waals surface area contributed by atoms with Crippen LogP contribution in [0.15, 0.2) is 48.5 Å². The van der Waals surface area contributed by atoms with Gasteiger partial charge in [0.1, 0.15) is 5.82 Å². The van der Waals surface area contributed by atoms with Crippen molar-refractivity contribution in [3.05, 3.63) is 65.5 Å². The molecule has 190 valence electrons. The summed E-state index contributed by atoms with van der Waals surface area (Å²) in [6, 6.07) is 11.4. The number of amides is 1. The smallest absolute Gasteiger partial charge is 0.357 e. The van der Waals surface area contributed by atoms with E-state index in [4.69, 9.17) is 0 Å². The van der Waals surface area contributed by atoms with E-state index in [0.29, 0.717) is 31.6 Å². The lowest BCUT2D eigenvalue weighted by atomic mass is 9.85. The Bertz CT molecular complexity index is 1210. The molecule has 0 unspecified atom stereocenters. The third-order valence-electron chi connectivity index (χ3n) is 6.18. The van der Waals surface area contributed by atoms with Crippen molar-refractivity contribution in [1.29, 1.82) is 0 Å². The number of benzene rings is 2. The molecule has 1 fully saturated rings. The molecular weight excluding hydrogens is 476 g/mol. The second kappa shape index (κ2) is 10.9. The van der Waals surface area contributed by atoms with E-state index in [2.05, 4.69) is 30.9 Å². The number of hydrogen-bond acceptors (Lipinski definition) is 6. The molecule has 1 aliphatic carbocycles. The normalized spacial score (nSPS) is 17.9. The van der Waals surface area contributed by atoms with Gasteiger partial charge in [-0.1, -0.05) is 30.3 Å². The van der Waals surface area contributed by atoms with Crippen LogP contribution in [0.3, 0.4) is 0 Å². The van der Waals surface area contributed by atoms with Crippen molar-refractivity contribution >= 4 is 17.8 Å². The van der Waals surface area contributed by atoms with Crippen molar-refractivity contribution in [2.45, 2.75) is 44.4 Å². The molecular formula is C25H26F4N6O. The Balaban J connectivity index is 1.35. The standard InChI is InChI=1S/C25H26F4N6O/c1-30-23-33-21(18-7-3-5-9-20(18)26)34-24(35-23)32-17-12-10-15(11-13-17)22(36)31-14-16-6-2-4-8-19(16)25(27,28)29/h2-9,15,17H,10-14H2,1H3,(H,31,36)(H2,30,32,33,34,35)/t15-,17+. The second-order valence-electron chi connectivity index (χ2n) is 8.60. The van der Waals surface area contributed by atoms with Gasteiger partial charge in [-0.3, -0.25) is 4.79 Å². The van der Waals surface area contributed by atoms with E-state index in [9.17, 15) is 22.4 Å². The molecule has 0 saturated heterocycles. The van der Waals surface area contributed by atoms with Crippen molar-refractivity contribution in [2.75, 3.05) is 17.7 Å². The van der Waals surface area contributed by atoms with Crippen molar-refractivity contribution in [1.82, 2.24) is 20.3 Å². The Morgan fingerprint density at radius 2 is 1.61 bits per heavy atom. The summed E-state index contributed by atoms with van der Waals surface area (Å²) in [7, 11) is 1.65. The lowest BCUT2D eigenvalue weighted by molar-refractivity contribution is -0.138. The van der Waals surface area contributed by atoms with Crippen molar-refractivity contribution in [2.24, 2.45) is 5.92 Å². The molecule has 36 heavy (non-hydrogen) atoms. The number of carbonyl (C=O) groups is 1. The molecule has 1 amide bonds. The average Bonchev–Trinajstić information content (AvgIpc) is 2.87. The van der Waals surface area contributed by atoms with Gasteiger partial charge in [-0.05, 0) is 49.4 Å². The number of alkyl halides is 3. The third kappa shape index (κ3) is 6.07. The van der Waals surface area contributed by atoms with Crippen LogP contribution < -0.4 is 16.0 Å². The molecule has 4 rings (SSSR count). The molecule has 0 bridgehead atoms. The van der Waals surface area contributed by atoms with E-state index in [1.807, 2.05) is 0 Å². The van der Waals surface area contributed by atoms with Gasteiger partial charge in [0.25, 0.3) is 0 Å². The minimum atomic E-state index is -4.47. The SMILES string of the molecule is CNc1nc(N[C@H]2CC[C@@H](C(=O)NCc3ccccc3C(F)(F)F)CC2)nc(-c2ccccc2F)n1. The lowest BCUT2D eigenvalue weighted by Crippen LogP contribution is -2.36. The van der Waals surface area contributed by atoms with E-state index < -0.39 is 17.6 Å². The van der Waals surface area contributed by atoms with Gasteiger partial charge >= 0.3 is 6.18 Å². The quantitative estimate of drug-likeness (QED) is 0.393. The highest BCUT2D eigenvalue weighted by molar-refractivity contribution is 5.78. The summed E-state index contributed by atoms with van der Waals surface area (Å²) in [5.74, 6) is -0.211. The van der Waals surface area contributed by atoms with Crippen molar-refractivity contribution in [3.8, 4) is 11.4 Å². The first-order chi connectivity index (χ1) is 17.2. The van der Waals surface area contributed by atoms with Crippen molar-refractivity contribution in [3.63, 3.8) is 0 Å². The molecule has 1 aromatic heterocycles.